The zero-order chi connectivity index (χ0) is 12.9. The quantitative estimate of drug-likeness (QED) is 0.750. The highest BCUT2D eigenvalue weighted by molar-refractivity contribution is 7.92. The number of aryl methyl sites for hydroxylation is 1. The molecule has 0 atom stereocenters. The van der Waals surface area contributed by atoms with Gasteiger partial charge in [0.05, 0.1) is 11.5 Å². The van der Waals surface area contributed by atoms with Crippen molar-refractivity contribution in [2.45, 2.75) is 25.2 Å². The van der Waals surface area contributed by atoms with Gasteiger partial charge in [-0.15, -0.1) is 0 Å². The average molecular weight is 256 g/mol. The van der Waals surface area contributed by atoms with Crippen LogP contribution >= 0.6 is 0 Å². The summed E-state index contributed by atoms with van der Waals surface area (Å²) < 4.78 is 28.3. The van der Waals surface area contributed by atoms with E-state index in [-0.39, 0.29) is 11.5 Å². The summed E-state index contributed by atoms with van der Waals surface area (Å²) in [6.07, 6.45) is 0.845. The van der Waals surface area contributed by atoms with Crippen molar-refractivity contribution in [3.05, 3.63) is 29.8 Å². The molecule has 0 saturated carbocycles. The Balaban J connectivity index is 2.85. The average Bonchev–Trinajstić information content (AvgIpc) is 2.28. The van der Waals surface area contributed by atoms with Crippen LogP contribution < -0.4 is 0 Å². The Labute approximate surface area is 102 Å². The van der Waals surface area contributed by atoms with E-state index in [1.165, 1.54) is 12.1 Å². The lowest BCUT2D eigenvalue weighted by Gasteiger charge is -2.05. The molecule has 0 unspecified atom stereocenters. The molecule has 0 radical (unpaired) electrons. The van der Waals surface area contributed by atoms with Crippen molar-refractivity contribution in [3.63, 3.8) is 0 Å². The molecule has 0 aliphatic rings. The summed E-state index contributed by atoms with van der Waals surface area (Å²) in [5, 5.41) is 0. The molecule has 0 spiro atoms. The molecule has 4 nitrogen and oxygen atoms in total. The van der Waals surface area contributed by atoms with E-state index in [1.807, 2.05) is 6.92 Å². The lowest BCUT2D eigenvalue weighted by molar-refractivity contribution is -0.139. The smallest absolute Gasteiger partial charge is 0.321 e. The van der Waals surface area contributed by atoms with E-state index >= 15 is 0 Å². The normalized spacial score (nSPS) is 11.2. The van der Waals surface area contributed by atoms with E-state index in [4.69, 9.17) is 0 Å². The van der Waals surface area contributed by atoms with Crippen molar-refractivity contribution in [3.8, 4) is 0 Å². The van der Waals surface area contributed by atoms with Gasteiger partial charge in [-0.1, -0.05) is 19.1 Å². The molecule has 0 amide bonds. The monoisotopic (exact) mass is 256 g/mol. The van der Waals surface area contributed by atoms with Gasteiger partial charge in [-0.2, -0.15) is 0 Å². The molecule has 0 N–H and O–H groups in total. The molecular formula is C12H16O4S. The summed E-state index contributed by atoms with van der Waals surface area (Å²) in [6.45, 7) is 3.81. The van der Waals surface area contributed by atoms with E-state index in [0.717, 1.165) is 12.0 Å². The SMILES string of the molecule is CCOC(=O)CS(=O)(=O)c1ccc(CC)cc1. The van der Waals surface area contributed by atoms with Crippen LogP contribution in [-0.4, -0.2) is 26.7 Å². The molecule has 5 heteroatoms. The molecule has 1 aromatic rings. The molecule has 1 rings (SSSR count). The number of carbonyl (C=O) groups is 1. The van der Waals surface area contributed by atoms with Crippen molar-refractivity contribution in [1.82, 2.24) is 0 Å². The number of hydrogen-bond acceptors (Lipinski definition) is 4. The van der Waals surface area contributed by atoms with Gasteiger partial charge in [0.15, 0.2) is 15.6 Å². The topological polar surface area (TPSA) is 60.4 Å². The van der Waals surface area contributed by atoms with Crippen LogP contribution in [0.2, 0.25) is 0 Å². The maximum Gasteiger partial charge on any atom is 0.321 e. The van der Waals surface area contributed by atoms with E-state index in [0.29, 0.717) is 0 Å². The van der Waals surface area contributed by atoms with Crippen LogP contribution in [0.15, 0.2) is 29.2 Å². The van der Waals surface area contributed by atoms with Gasteiger partial charge in [-0.05, 0) is 31.0 Å². The second kappa shape index (κ2) is 5.82. The first-order valence-corrected chi connectivity index (χ1v) is 7.12. The van der Waals surface area contributed by atoms with Gasteiger partial charge in [0.2, 0.25) is 0 Å². The van der Waals surface area contributed by atoms with Gasteiger partial charge < -0.3 is 4.74 Å². The number of carbonyl (C=O) groups excluding carboxylic acids is 1. The lowest BCUT2D eigenvalue weighted by atomic mass is 10.2. The minimum Gasteiger partial charge on any atom is -0.465 e. The number of benzene rings is 1. The van der Waals surface area contributed by atoms with Crippen molar-refractivity contribution >= 4 is 15.8 Å². The molecule has 0 saturated heterocycles. The molecule has 94 valence electrons. The maximum absolute atomic E-state index is 11.8. The van der Waals surface area contributed by atoms with Crippen molar-refractivity contribution < 1.29 is 17.9 Å². The number of hydrogen-bond donors (Lipinski definition) is 0. The van der Waals surface area contributed by atoms with E-state index in [9.17, 15) is 13.2 Å². The van der Waals surface area contributed by atoms with Gasteiger partial charge in [0.1, 0.15) is 0 Å². The highest BCUT2D eigenvalue weighted by atomic mass is 32.2. The third kappa shape index (κ3) is 3.85. The fourth-order valence-electron chi connectivity index (χ4n) is 1.37. The number of ether oxygens (including phenoxy) is 1. The Morgan fingerprint density at radius 1 is 1.18 bits per heavy atom. The second-order valence-corrected chi connectivity index (χ2v) is 5.55. The van der Waals surface area contributed by atoms with E-state index < -0.39 is 21.6 Å². The predicted molar refractivity (Wildman–Crippen MR) is 64.5 cm³/mol. The van der Waals surface area contributed by atoms with Crippen LogP contribution in [0.3, 0.4) is 0 Å². The minimum absolute atomic E-state index is 0.155. The number of sulfone groups is 1. The standard InChI is InChI=1S/C12H16O4S/c1-3-10-5-7-11(8-6-10)17(14,15)9-12(13)16-4-2/h5-8H,3-4,9H2,1-2H3. The fourth-order valence-corrected chi connectivity index (χ4v) is 2.48. The van der Waals surface area contributed by atoms with Crippen LogP contribution in [0, 0.1) is 0 Å². The molecule has 1 aromatic carbocycles. The summed E-state index contributed by atoms with van der Waals surface area (Å²) in [7, 11) is -3.58. The molecular weight excluding hydrogens is 240 g/mol. The largest absolute Gasteiger partial charge is 0.465 e. The van der Waals surface area contributed by atoms with Crippen LogP contribution in [0.1, 0.15) is 19.4 Å². The zero-order valence-corrected chi connectivity index (χ0v) is 10.8. The summed E-state index contributed by atoms with van der Waals surface area (Å²) in [5.41, 5.74) is 1.06. The van der Waals surface area contributed by atoms with Gasteiger partial charge in [0, 0.05) is 0 Å². The third-order valence-electron chi connectivity index (χ3n) is 2.30. The Hall–Kier alpha value is -1.36. The summed E-state index contributed by atoms with van der Waals surface area (Å²) in [6, 6.07) is 6.54. The van der Waals surface area contributed by atoms with Crippen molar-refractivity contribution in [1.29, 1.82) is 0 Å². The first kappa shape index (κ1) is 13.7. The molecule has 0 aromatic heterocycles. The van der Waals surface area contributed by atoms with Crippen LogP contribution in [0.4, 0.5) is 0 Å². The molecule has 0 aliphatic heterocycles. The second-order valence-electron chi connectivity index (χ2n) is 3.56. The fraction of sp³-hybridized carbons (Fsp3) is 0.417. The first-order valence-electron chi connectivity index (χ1n) is 5.47. The third-order valence-corrected chi connectivity index (χ3v) is 3.91. The first-order chi connectivity index (χ1) is 7.99. The molecule has 0 aliphatic carbocycles. The Morgan fingerprint density at radius 2 is 1.76 bits per heavy atom. The van der Waals surface area contributed by atoms with Crippen LogP contribution in [-0.2, 0) is 25.8 Å². The minimum atomic E-state index is -3.58. The molecule has 0 fully saturated rings. The predicted octanol–water partition coefficient (Wildman–Crippen LogP) is 1.59. The number of rotatable bonds is 5. The number of esters is 1. The van der Waals surface area contributed by atoms with Gasteiger partial charge in [-0.3, -0.25) is 4.79 Å². The van der Waals surface area contributed by atoms with E-state index in [1.54, 1.807) is 19.1 Å². The van der Waals surface area contributed by atoms with E-state index in [2.05, 4.69) is 4.74 Å². The van der Waals surface area contributed by atoms with Gasteiger partial charge >= 0.3 is 5.97 Å². The zero-order valence-electron chi connectivity index (χ0n) is 9.97. The highest BCUT2D eigenvalue weighted by Crippen LogP contribution is 2.13. The van der Waals surface area contributed by atoms with Crippen LogP contribution in [0.5, 0.6) is 0 Å². The van der Waals surface area contributed by atoms with Gasteiger partial charge in [0.25, 0.3) is 0 Å². The van der Waals surface area contributed by atoms with Crippen molar-refractivity contribution in [2.75, 3.05) is 12.4 Å². The highest BCUT2D eigenvalue weighted by Gasteiger charge is 2.19. The Morgan fingerprint density at radius 3 is 2.24 bits per heavy atom. The lowest BCUT2D eigenvalue weighted by Crippen LogP contribution is -2.18. The summed E-state index contributed by atoms with van der Waals surface area (Å²) >= 11 is 0. The molecule has 0 heterocycles. The Bertz CT molecular complexity index is 474. The molecule has 17 heavy (non-hydrogen) atoms. The maximum atomic E-state index is 11.8. The van der Waals surface area contributed by atoms with Gasteiger partial charge in [-0.25, -0.2) is 8.42 Å². The van der Waals surface area contributed by atoms with Crippen LogP contribution in [0.25, 0.3) is 0 Å². The summed E-state index contributed by atoms with van der Waals surface area (Å²) in [5.74, 6) is -1.32. The molecule has 0 bridgehead atoms. The van der Waals surface area contributed by atoms with Crippen molar-refractivity contribution in [2.24, 2.45) is 0 Å². The summed E-state index contributed by atoms with van der Waals surface area (Å²) in [4.78, 5) is 11.3. The Kier molecular flexibility index (Phi) is 4.69.